The van der Waals surface area contributed by atoms with Crippen LogP contribution in [0, 0.1) is 11.8 Å². The number of ketones is 3. The number of hydrogen-bond acceptors (Lipinski definition) is 10. The van der Waals surface area contributed by atoms with E-state index in [1.54, 1.807) is 12.1 Å². The van der Waals surface area contributed by atoms with Crippen LogP contribution in [0.15, 0.2) is 48.5 Å². The van der Waals surface area contributed by atoms with E-state index in [-0.39, 0.29) is 18.6 Å². The quantitative estimate of drug-likeness (QED) is 0.0447. The number of aryl methyl sites for hydroxylation is 1. The summed E-state index contributed by atoms with van der Waals surface area (Å²) in [4.78, 5) is 77.6. The van der Waals surface area contributed by atoms with Crippen LogP contribution in [0.2, 0.25) is 5.82 Å². The fourth-order valence-corrected chi connectivity index (χ4v) is 5.88. The molecule has 3 amide bonds. The lowest BCUT2D eigenvalue weighted by molar-refractivity contribution is -0.135. The molecular formula is C39H57BN4O9. The molecule has 0 aliphatic rings. The van der Waals surface area contributed by atoms with Gasteiger partial charge in [0.2, 0.25) is 17.7 Å². The molecule has 0 unspecified atom stereocenters. The molecule has 0 spiro atoms. The van der Waals surface area contributed by atoms with Gasteiger partial charge in [-0.2, -0.15) is 0 Å². The Bertz CT molecular complexity index is 1520. The average molecular weight is 737 g/mol. The van der Waals surface area contributed by atoms with Gasteiger partial charge in [-0.05, 0) is 61.7 Å². The standard InChI is InChI=1S/C39H57BN4O9/c1-5-6-9-27-11-13-28(14-12-27)29-15-17-30(18-16-29)33(46)22-31(10-7-8-19-41)39(51)44-37(26(4)45)35(48)20-24(2)38(50)43-32(23-36(42)49)34(47)21-25(3)40(52)53/h11-18,24-26,31-32,37,45,52-53H,5-10,19-23,41H2,1-4H3,(H2,42,49)(H,43,50)(H,44,51)/t24-,25-,26-,31-,32+,37+/m1/s1. The van der Waals surface area contributed by atoms with Crippen molar-refractivity contribution in [2.45, 2.75) is 116 Å². The molecule has 0 heterocycles. The van der Waals surface area contributed by atoms with E-state index in [0.717, 1.165) is 30.4 Å². The number of unbranched alkanes of at least 4 members (excludes halogenated alkanes) is 2. The van der Waals surface area contributed by atoms with E-state index in [2.05, 4.69) is 41.8 Å². The molecule has 6 atom stereocenters. The van der Waals surface area contributed by atoms with Crippen LogP contribution in [0.25, 0.3) is 11.1 Å². The van der Waals surface area contributed by atoms with E-state index in [0.29, 0.717) is 31.4 Å². The molecule has 0 aromatic heterocycles. The Kier molecular flexibility index (Phi) is 19.3. The van der Waals surface area contributed by atoms with Crippen LogP contribution < -0.4 is 22.1 Å². The monoisotopic (exact) mass is 736 g/mol. The second-order valence-electron chi connectivity index (χ2n) is 14.1. The highest BCUT2D eigenvalue weighted by atomic mass is 16.4. The first-order valence-corrected chi connectivity index (χ1v) is 18.5. The number of nitrogens with two attached hydrogens (primary N) is 2. The van der Waals surface area contributed by atoms with Crippen LogP contribution >= 0.6 is 0 Å². The minimum atomic E-state index is -1.79. The summed E-state index contributed by atoms with van der Waals surface area (Å²) in [6.07, 6.45) is 1.97. The number of amides is 3. The van der Waals surface area contributed by atoms with Crippen LogP contribution in [-0.2, 0) is 30.4 Å². The van der Waals surface area contributed by atoms with Crippen molar-refractivity contribution in [3.63, 3.8) is 0 Å². The van der Waals surface area contributed by atoms with Gasteiger partial charge in [0.05, 0.1) is 18.6 Å². The minimum absolute atomic E-state index is 0.136. The Morgan fingerprint density at radius 3 is 1.89 bits per heavy atom. The number of benzene rings is 2. The topological polar surface area (TPSA) is 239 Å². The summed E-state index contributed by atoms with van der Waals surface area (Å²) in [6.45, 7) is 6.68. The fourth-order valence-electron chi connectivity index (χ4n) is 5.88. The minimum Gasteiger partial charge on any atom is -0.427 e. The van der Waals surface area contributed by atoms with Crippen molar-refractivity contribution in [2.75, 3.05) is 6.54 Å². The highest BCUT2D eigenvalue weighted by molar-refractivity contribution is 6.43. The lowest BCUT2D eigenvalue weighted by atomic mass is 9.71. The fraction of sp³-hybridized carbons (Fsp3) is 0.538. The average Bonchev–Trinajstić information content (AvgIpc) is 3.11. The van der Waals surface area contributed by atoms with Crippen LogP contribution in [-0.4, -0.2) is 82.1 Å². The van der Waals surface area contributed by atoms with Gasteiger partial charge in [-0.1, -0.05) is 82.1 Å². The Morgan fingerprint density at radius 2 is 1.36 bits per heavy atom. The zero-order valence-corrected chi connectivity index (χ0v) is 31.4. The predicted molar refractivity (Wildman–Crippen MR) is 203 cm³/mol. The number of aliphatic hydroxyl groups is 1. The maximum absolute atomic E-state index is 13.6. The van der Waals surface area contributed by atoms with Crippen molar-refractivity contribution in [2.24, 2.45) is 23.3 Å². The van der Waals surface area contributed by atoms with Gasteiger partial charge in [-0.25, -0.2) is 0 Å². The Balaban J connectivity index is 2.12. The van der Waals surface area contributed by atoms with Crippen molar-refractivity contribution in [3.05, 3.63) is 59.7 Å². The van der Waals surface area contributed by atoms with Crippen molar-refractivity contribution < 1.29 is 43.9 Å². The maximum atomic E-state index is 13.6. The van der Waals surface area contributed by atoms with Crippen molar-refractivity contribution in [3.8, 4) is 11.1 Å². The van der Waals surface area contributed by atoms with E-state index in [1.807, 2.05) is 12.1 Å². The first kappa shape index (κ1) is 44.9. The van der Waals surface area contributed by atoms with Gasteiger partial charge in [0.1, 0.15) is 6.04 Å². The van der Waals surface area contributed by atoms with Gasteiger partial charge in [-0.3, -0.25) is 28.8 Å². The summed E-state index contributed by atoms with van der Waals surface area (Å²) in [5, 5.41) is 34.2. The van der Waals surface area contributed by atoms with Crippen molar-refractivity contribution in [1.82, 2.24) is 10.6 Å². The van der Waals surface area contributed by atoms with E-state index in [1.165, 1.54) is 26.3 Å². The highest BCUT2D eigenvalue weighted by Crippen LogP contribution is 2.24. The number of primary amides is 1. The highest BCUT2D eigenvalue weighted by Gasteiger charge is 2.33. The van der Waals surface area contributed by atoms with Gasteiger partial charge in [-0.15, -0.1) is 0 Å². The van der Waals surface area contributed by atoms with Gasteiger partial charge < -0.3 is 37.3 Å². The molecule has 0 fully saturated rings. The van der Waals surface area contributed by atoms with Crippen molar-refractivity contribution in [1.29, 1.82) is 0 Å². The maximum Gasteiger partial charge on any atom is 0.454 e. The zero-order chi connectivity index (χ0) is 39.7. The summed E-state index contributed by atoms with van der Waals surface area (Å²) in [7, 11) is -1.79. The van der Waals surface area contributed by atoms with E-state index in [4.69, 9.17) is 11.5 Å². The summed E-state index contributed by atoms with van der Waals surface area (Å²) in [6, 6.07) is 12.8. The third-order valence-corrected chi connectivity index (χ3v) is 9.35. The number of aliphatic hydroxyl groups excluding tert-OH is 1. The lowest BCUT2D eigenvalue weighted by Gasteiger charge is -2.25. The van der Waals surface area contributed by atoms with Crippen molar-refractivity contribution >= 4 is 42.2 Å². The molecule has 13 nitrogen and oxygen atoms in total. The van der Waals surface area contributed by atoms with Gasteiger partial charge in [0.25, 0.3) is 0 Å². The molecule has 2 aromatic rings. The van der Waals surface area contributed by atoms with Crippen LogP contribution in [0.3, 0.4) is 0 Å². The van der Waals surface area contributed by atoms with Gasteiger partial charge in [0.15, 0.2) is 17.3 Å². The molecule has 14 heteroatoms. The molecule has 9 N–H and O–H groups in total. The van der Waals surface area contributed by atoms with Gasteiger partial charge >= 0.3 is 7.12 Å². The molecule has 0 radical (unpaired) electrons. The predicted octanol–water partition coefficient (Wildman–Crippen LogP) is 2.66. The van der Waals surface area contributed by atoms with E-state index >= 15 is 0 Å². The molecular weight excluding hydrogens is 679 g/mol. The molecule has 290 valence electrons. The number of carbonyl (C=O) groups excluding carboxylic acids is 6. The molecule has 53 heavy (non-hydrogen) atoms. The molecule has 2 aromatic carbocycles. The third-order valence-electron chi connectivity index (χ3n) is 9.35. The van der Waals surface area contributed by atoms with Crippen LogP contribution in [0.5, 0.6) is 0 Å². The normalized spacial score (nSPS) is 14.6. The Hall–Kier alpha value is -4.24. The molecule has 0 saturated carbocycles. The zero-order valence-electron chi connectivity index (χ0n) is 31.4. The Morgan fingerprint density at radius 1 is 0.755 bits per heavy atom. The summed E-state index contributed by atoms with van der Waals surface area (Å²) < 4.78 is 0. The number of Topliss-reactive ketones (excluding diaryl/α,β-unsaturated/α-hetero) is 3. The number of carbonyl (C=O) groups is 6. The van der Waals surface area contributed by atoms with E-state index < -0.39 is 85.1 Å². The summed E-state index contributed by atoms with van der Waals surface area (Å²) in [5.74, 6) is -6.54. The SMILES string of the molecule is CCCCc1ccc(-c2ccc(C(=O)C[C@@H](CCCCN)C(=O)N[C@H](C(=O)C[C@@H](C)C(=O)N[C@@H](CC(N)=O)C(=O)C[C@@H](C)B(O)O)[C@@H](C)O)cc2)cc1. The molecule has 2 rings (SSSR count). The molecule has 0 bridgehead atoms. The molecule has 0 saturated heterocycles. The van der Waals surface area contributed by atoms with Gasteiger partial charge in [0, 0.05) is 36.7 Å². The number of nitrogens with one attached hydrogen (secondary N) is 2. The first-order chi connectivity index (χ1) is 25.1. The second kappa shape index (κ2) is 22.7. The summed E-state index contributed by atoms with van der Waals surface area (Å²) >= 11 is 0. The molecule has 0 aliphatic carbocycles. The Labute approximate surface area is 312 Å². The smallest absolute Gasteiger partial charge is 0.427 e. The second-order valence-corrected chi connectivity index (χ2v) is 14.1. The number of rotatable bonds is 25. The van der Waals surface area contributed by atoms with Crippen LogP contribution in [0.1, 0.15) is 101 Å². The first-order valence-electron chi connectivity index (χ1n) is 18.5. The molecule has 0 aliphatic heterocycles. The number of hydrogen-bond donors (Lipinski definition) is 7. The summed E-state index contributed by atoms with van der Waals surface area (Å²) in [5.41, 5.74) is 14.6. The largest absolute Gasteiger partial charge is 0.454 e. The van der Waals surface area contributed by atoms with E-state index in [9.17, 15) is 43.9 Å². The lowest BCUT2D eigenvalue weighted by Crippen LogP contribution is -2.51. The van der Waals surface area contributed by atoms with Crippen LogP contribution in [0.4, 0.5) is 0 Å². The third kappa shape index (κ3) is 15.3.